The lowest BCUT2D eigenvalue weighted by Gasteiger charge is -2.17. The van der Waals surface area contributed by atoms with Crippen LogP contribution in [0.25, 0.3) is 0 Å². The first-order valence-electron chi connectivity index (χ1n) is 5.90. The molecule has 1 heterocycles. The summed E-state index contributed by atoms with van der Waals surface area (Å²) in [5.41, 5.74) is 5.85. The normalized spacial score (nSPS) is 20.4. The van der Waals surface area contributed by atoms with Gasteiger partial charge >= 0.3 is 0 Å². The molecule has 1 saturated carbocycles. The molecule has 0 aromatic carbocycles. The number of hydrogen-bond acceptors (Lipinski definition) is 4. The van der Waals surface area contributed by atoms with Crippen LogP contribution in [0.2, 0.25) is 0 Å². The molecule has 4 heteroatoms. The summed E-state index contributed by atoms with van der Waals surface area (Å²) >= 11 is 0. The Bertz CT molecular complexity index is 305. The predicted octanol–water partition coefficient (Wildman–Crippen LogP) is 2.53. The first-order chi connectivity index (χ1) is 7.31. The molecule has 1 aliphatic carbocycles. The molecule has 0 amide bonds. The van der Waals surface area contributed by atoms with Crippen LogP contribution in [-0.2, 0) is 0 Å². The van der Waals surface area contributed by atoms with Gasteiger partial charge in [-0.05, 0) is 19.3 Å². The minimum absolute atomic E-state index is 0.0777. The SMILES string of the molecule is CCC(N)c1noc(C2CCCCC2)n1. The van der Waals surface area contributed by atoms with Crippen LogP contribution in [-0.4, -0.2) is 10.1 Å². The number of nitrogens with zero attached hydrogens (tertiary/aromatic N) is 2. The lowest BCUT2D eigenvalue weighted by Crippen LogP contribution is -2.11. The molecule has 84 valence electrons. The van der Waals surface area contributed by atoms with E-state index in [9.17, 15) is 0 Å². The molecule has 1 fully saturated rings. The van der Waals surface area contributed by atoms with Gasteiger partial charge in [0, 0.05) is 5.92 Å². The molecule has 1 aliphatic rings. The molecule has 0 aliphatic heterocycles. The van der Waals surface area contributed by atoms with Crippen molar-refractivity contribution in [3.05, 3.63) is 11.7 Å². The summed E-state index contributed by atoms with van der Waals surface area (Å²) in [6.07, 6.45) is 7.12. The van der Waals surface area contributed by atoms with E-state index in [1.165, 1.54) is 32.1 Å². The average molecular weight is 209 g/mol. The summed E-state index contributed by atoms with van der Waals surface area (Å²) < 4.78 is 5.29. The van der Waals surface area contributed by atoms with E-state index in [2.05, 4.69) is 10.1 Å². The summed E-state index contributed by atoms with van der Waals surface area (Å²) in [5, 5.41) is 3.95. The van der Waals surface area contributed by atoms with E-state index >= 15 is 0 Å². The fourth-order valence-electron chi connectivity index (χ4n) is 2.10. The van der Waals surface area contributed by atoms with Crippen LogP contribution in [0.3, 0.4) is 0 Å². The van der Waals surface area contributed by atoms with Crippen molar-refractivity contribution in [3.63, 3.8) is 0 Å². The second-order valence-corrected chi connectivity index (χ2v) is 4.34. The Kier molecular flexibility index (Phi) is 3.36. The molecule has 0 saturated heterocycles. The van der Waals surface area contributed by atoms with Crippen LogP contribution in [0, 0.1) is 0 Å². The Morgan fingerprint density at radius 2 is 2.13 bits per heavy atom. The molecule has 15 heavy (non-hydrogen) atoms. The third-order valence-electron chi connectivity index (χ3n) is 3.18. The molecule has 0 bridgehead atoms. The van der Waals surface area contributed by atoms with Crippen LogP contribution < -0.4 is 5.73 Å². The van der Waals surface area contributed by atoms with Crippen molar-refractivity contribution in [2.24, 2.45) is 5.73 Å². The quantitative estimate of drug-likeness (QED) is 0.830. The number of aromatic nitrogens is 2. The Balaban J connectivity index is 2.05. The van der Waals surface area contributed by atoms with E-state index in [-0.39, 0.29) is 6.04 Å². The van der Waals surface area contributed by atoms with E-state index in [4.69, 9.17) is 10.3 Å². The highest BCUT2D eigenvalue weighted by Gasteiger charge is 2.22. The van der Waals surface area contributed by atoms with Crippen molar-refractivity contribution in [2.75, 3.05) is 0 Å². The standard InChI is InChI=1S/C11H19N3O/c1-2-9(12)10-13-11(15-14-10)8-6-4-3-5-7-8/h8-9H,2-7,12H2,1H3. The van der Waals surface area contributed by atoms with Gasteiger partial charge in [-0.15, -0.1) is 0 Å². The van der Waals surface area contributed by atoms with Gasteiger partial charge in [0.05, 0.1) is 6.04 Å². The van der Waals surface area contributed by atoms with Crippen molar-refractivity contribution in [1.29, 1.82) is 0 Å². The highest BCUT2D eigenvalue weighted by atomic mass is 16.5. The van der Waals surface area contributed by atoms with Gasteiger partial charge in [-0.2, -0.15) is 4.98 Å². The number of nitrogens with two attached hydrogens (primary N) is 1. The zero-order valence-electron chi connectivity index (χ0n) is 9.28. The van der Waals surface area contributed by atoms with E-state index < -0.39 is 0 Å². The van der Waals surface area contributed by atoms with Crippen LogP contribution in [0.15, 0.2) is 4.52 Å². The Morgan fingerprint density at radius 1 is 1.40 bits per heavy atom. The maximum Gasteiger partial charge on any atom is 0.229 e. The molecule has 1 unspecified atom stereocenters. The van der Waals surface area contributed by atoms with E-state index in [0.29, 0.717) is 11.7 Å². The van der Waals surface area contributed by atoms with Gasteiger partial charge in [0.15, 0.2) is 5.82 Å². The monoisotopic (exact) mass is 209 g/mol. The van der Waals surface area contributed by atoms with E-state index in [1.54, 1.807) is 0 Å². The first kappa shape index (κ1) is 10.6. The smallest absolute Gasteiger partial charge is 0.229 e. The van der Waals surface area contributed by atoms with Crippen LogP contribution in [0.1, 0.15) is 69.1 Å². The van der Waals surface area contributed by atoms with Crippen LogP contribution in [0.5, 0.6) is 0 Å². The molecule has 1 aromatic heterocycles. The minimum Gasteiger partial charge on any atom is -0.339 e. The topological polar surface area (TPSA) is 64.9 Å². The summed E-state index contributed by atoms with van der Waals surface area (Å²) in [5.74, 6) is 1.94. The van der Waals surface area contributed by atoms with Gasteiger partial charge in [0.1, 0.15) is 0 Å². The summed E-state index contributed by atoms with van der Waals surface area (Å²) in [6, 6.07) is -0.0777. The summed E-state index contributed by atoms with van der Waals surface area (Å²) in [6.45, 7) is 2.03. The van der Waals surface area contributed by atoms with Crippen molar-refractivity contribution in [1.82, 2.24) is 10.1 Å². The molecule has 1 aromatic rings. The van der Waals surface area contributed by atoms with Crippen molar-refractivity contribution < 1.29 is 4.52 Å². The predicted molar refractivity (Wildman–Crippen MR) is 57.3 cm³/mol. The van der Waals surface area contributed by atoms with Gasteiger partial charge < -0.3 is 10.3 Å². The van der Waals surface area contributed by atoms with Crippen LogP contribution in [0.4, 0.5) is 0 Å². The lowest BCUT2D eigenvalue weighted by atomic mass is 9.89. The molecule has 2 N–H and O–H groups in total. The molecular weight excluding hydrogens is 190 g/mol. The fourth-order valence-corrected chi connectivity index (χ4v) is 2.10. The van der Waals surface area contributed by atoms with Gasteiger partial charge in [-0.25, -0.2) is 0 Å². The molecule has 0 radical (unpaired) electrons. The molecule has 2 rings (SSSR count). The largest absolute Gasteiger partial charge is 0.339 e. The molecule has 1 atom stereocenters. The zero-order valence-corrected chi connectivity index (χ0v) is 9.28. The zero-order chi connectivity index (χ0) is 10.7. The Hall–Kier alpha value is -0.900. The summed E-state index contributed by atoms with van der Waals surface area (Å²) in [7, 11) is 0. The third kappa shape index (κ3) is 2.37. The highest BCUT2D eigenvalue weighted by molar-refractivity contribution is 4.98. The average Bonchev–Trinajstić information content (AvgIpc) is 2.78. The van der Waals surface area contributed by atoms with Crippen LogP contribution >= 0.6 is 0 Å². The van der Waals surface area contributed by atoms with Crippen molar-refractivity contribution >= 4 is 0 Å². The Labute approximate surface area is 90.2 Å². The second kappa shape index (κ2) is 4.75. The molecular formula is C11H19N3O. The van der Waals surface area contributed by atoms with E-state index in [1.807, 2.05) is 6.92 Å². The number of rotatable bonds is 3. The summed E-state index contributed by atoms with van der Waals surface area (Å²) in [4.78, 5) is 4.40. The van der Waals surface area contributed by atoms with Gasteiger partial charge in [-0.3, -0.25) is 0 Å². The van der Waals surface area contributed by atoms with Crippen molar-refractivity contribution in [2.45, 2.75) is 57.4 Å². The van der Waals surface area contributed by atoms with Gasteiger partial charge in [0.25, 0.3) is 0 Å². The maximum atomic E-state index is 5.85. The molecule has 0 spiro atoms. The van der Waals surface area contributed by atoms with Crippen molar-refractivity contribution in [3.8, 4) is 0 Å². The minimum atomic E-state index is -0.0777. The highest BCUT2D eigenvalue weighted by Crippen LogP contribution is 2.31. The number of hydrogen-bond donors (Lipinski definition) is 1. The fraction of sp³-hybridized carbons (Fsp3) is 0.818. The maximum absolute atomic E-state index is 5.85. The van der Waals surface area contributed by atoms with Gasteiger partial charge in [-0.1, -0.05) is 31.3 Å². The Morgan fingerprint density at radius 3 is 2.80 bits per heavy atom. The first-order valence-corrected chi connectivity index (χ1v) is 5.90. The van der Waals surface area contributed by atoms with E-state index in [0.717, 1.165) is 12.3 Å². The second-order valence-electron chi connectivity index (χ2n) is 4.34. The lowest BCUT2D eigenvalue weighted by molar-refractivity contribution is 0.311. The molecule has 4 nitrogen and oxygen atoms in total. The van der Waals surface area contributed by atoms with Gasteiger partial charge in [0.2, 0.25) is 5.89 Å². The third-order valence-corrected chi connectivity index (χ3v) is 3.18.